The second-order valence-electron chi connectivity index (χ2n) is 6.28. The molecule has 2 aromatic rings. The van der Waals surface area contributed by atoms with Gasteiger partial charge in [0.2, 0.25) is 0 Å². The highest BCUT2D eigenvalue weighted by Gasteiger charge is 2.27. The van der Waals surface area contributed by atoms with Crippen LogP contribution < -0.4 is 5.32 Å². The van der Waals surface area contributed by atoms with Crippen LogP contribution >= 0.6 is 0 Å². The molecule has 1 aliphatic rings. The maximum absolute atomic E-state index is 4.31. The van der Waals surface area contributed by atoms with E-state index in [4.69, 9.17) is 0 Å². The third-order valence-corrected chi connectivity index (χ3v) is 4.85. The van der Waals surface area contributed by atoms with Gasteiger partial charge in [-0.3, -0.25) is 0 Å². The fraction of sp³-hybridized carbons (Fsp3) is 0.556. The normalized spacial score (nSPS) is 21.4. The molecule has 0 amide bonds. The second kappa shape index (κ2) is 7.05. The van der Waals surface area contributed by atoms with Crippen molar-refractivity contribution in [2.45, 2.75) is 58.7 Å². The summed E-state index contributed by atoms with van der Waals surface area (Å²) < 4.78 is 2.19. The molecule has 1 heterocycles. The molecule has 0 spiro atoms. The van der Waals surface area contributed by atoms with Crippen LogP contribution in [0, 0.1) is 12.8 Å². The Bertz CT molecular complexity index is 590. The summed E-state index contributed by atoms with van der Waals surface area (Å²) in [5.74, 6) is 2.80. The predicted octanol–water partition coefficient (Wildman–Crippen LogP) is 3.11. The van der Waals surface area contributed by atoms with Crippen molar-refractivity contribution < 1.29 is 0 Å². The lowest BCUT2D eigenvalue weighted by molar-refractivity contribution is 0.389. The van der Waals surface area contributed by atoms with Gasteiger partial charge in [-0.25, -0.2) is 0 Å². The van der Waals surface area contributed by atoms with Crippen molar-refractivity contribution in [2.24, 2.45) is 5.92 Å². The van der Waals surface area contributed by atoms with Crippen LogP contribution in [-0.2, 0) is 19.5 Å². The molecule has 0 aliphatic heterocycles. The molecule has 0 bridgehead atoms. The summed E-state index contributed by atoms with van der Waals surface area (Å²) in [6.07, 6.45) is 5.11. The number of aromatic nitrogens is 3. The van der Waals surface area contributed by atoms with Gasteiger partial charge in [-0.1, -0.05) is 36.8 Å². The smallest absolute Gasteiger partial charge is 0.146 e. The zero-order valence-corrected chi connectivity index (χ0v) is 13.6. The highest BCUT2D eigenvalue weighted by atomic mass is 15.3. The number of hydrogen-bond acceptors (Lipinski definition) is 3. The lowest BCUT2D eigenvalue weighted by Crippen LogP contribution is -2.33. The second-order valence-corrected chi connectivity index (χ2v) is 6.28. The zero-order valence-electron chi connectivity index (χ0n) is 13.6. The van der Waals surface area contributed by atoms with Crippen LogP contribution in [0.4, 0.5) is 0 Å². The third-order valence-electron chi connectivity index (χ3n) is 4.85. The molecular formula is C18H26N4. The fourth-order valence-corrected chi connectivity index (χ4v) is 3.66. The van der Waals surface area contributed by atoms with Crippen LogP contribution in [0.1, 0.15) is 43.4 Å². The predicted molar refractivity (Wildman–Crippen MR) is 88.5 cm³/mol. The number of benzene rings is 1. The average Bonchev–Trinajstić information content (AvgIpc) is 3.12. The molecule has 118 valence electrons. The summed E-state index contributed by atoms with van der Waals surface area (Å²) >= 11 is 0. The Kier molecular flexibility index (Phi) is 4.88. The molecule has 0 radical (unpaired) electrons. The largest absolute Gasteiger partial charge is 0.314 e. The van der Waals surface area contributed by atoms with Crippen LogP contribution in [0.3, 0.4) is 0 Å². The number of nitrogens with one attached hydrogen (secondary N) is 1. The Balaban J connectivity index is 1.59. The van der Waals surface area contributed by atoms with E-state index in [-0.39, 0.29) is 0 Å². The van der Waals surface area contributed by atoms with Gasteiger partial charge in [-0.2, -0.15) is 0 Å². The molecular weight excluding hydrogens is 272 g/mol. The Hall–Kier alpha value is -1.68. The van der Waals surface area contributed by atoms with E-state index in [9.17, 15) is 0 Å². The van der Waals surface area contributed by atoms with E-state index in [1.807, 2.05) is 6.92 Å². The van der Waals surface area contributed by atoms with Crippen LogP contribution in [-0.4, -0.2) is 20.8 Å². The topological polar surface area (TPSA) is 42.7 Å². The standard InChI is InChI=1S/C18H26N4/c1-3-22-14(2)20-21-18(22)13-19-17-11-7-10-16(17)12-15-8-5-4-6-9-15/h4-6,8-9,16-17,19H,3,7,10-13H2,1-2H3/t16-,17+/m0/s1. The lowest BCUT2D eigenvalue weighted by atomic mass is 9.94. The molecule has 1 aliphatic carbocycles. The fourth-order valence-electron chi connectivity index (χ4n) is 3.66. The number of nitrogens with zero attached hydrogens (tertiary/aromatic N) is 3. The maximum Gasteiger partial charge on any atom is 0.146 e. The molecule has 4 heteroatoms. The van der Waals surface area contributed by atoms with Gasteiger partial charge in [0.05, 0.1) is 6.54 Å². The van der Waals surface area contributed by atoms with Crippen molar-refractivity contribution in [3.8, 4) is 0 Å². The van der Waals surface area contributed by atoms with E-state index in [0.29, 0.717) is 6.04 Å². The first-order valence-electron chi connectivity index (χ1n) is 8.44. The first-order valence-corrected chi connectivity index (χ1v) is 8.44. The van der Waals surface area contributed by atoms with Gasteiger partial charge < -0.3 is 9.88 Å². The SMILES string of the molecule is CCn1c(C)nnc1CN[C@@H]1CCC[C@H]1Cc1ccccc1. The molecule has 2 atom stereocenters. The van der Waals surface area contributed by atoms with Crippen molar-refractivity contribution in [1.29, 1.82) is 0 Å². The minimum atomic E-state index is 0.600. The molecule has 3 rings (SSSR count). The van der Waals surface area contributed by atoms with Gasteiger partial charge in [0, 0.05) is 12.6 Å². The summed E-state index contributed by atoms with van der Waals surface area (Å²) in [5, 5.41) is 12.2. The van der Waals surface area contributed by atoms with Gasteiger partial charge in [0.15, 0.2) is 0 Å². The molecule has 1 aromatic heterocycles. The molecule has 1 aromatic carbocycles. The highest BCUT2D eigenvalue weighted by Crippen LogP contribution is 2.29. The van der Waals surface area contributed by atoms with E-state index in [2.05, 4.69) is 57.3 Å². The van der Waals surface area contributed by atoms with Crippen LogP contribution in [0.15, 0.2) is 30.3 Å². The quantitative estimate of drug-likeness (QED) is 0.891. The minimum absolute atomic E-state index is 0.600. The Morgan fingerprint density at radius 2 is 2.00 bits per heavy atom. The van der Waals surface area contributed by atoms with Gasteiger partial charge >= 0.3 is 0 Å². The minimum Gasteiger partial charge on any atom is -0.314 e. The van der Waals surface area contributed by atoms with E-state index in [0.717, 1.165) is 30.7 Å². The maximum atomic E-state index is 4.31. The Morgan fingerprint density at radius 3 is 2.77 bits per heavy atom. The summed E-state index contributed by atoms with van der Waals surface area (Å²) in [4.78, 5) is 0. The summed E-state index contributed by atoms with van der Waals surface area (Å²) in [6, 6.07) is 11.5. The Morgan fingerprint density at radius 1 is 1.18 bits per heavy atom. The molecule has 4 nitrogen and oxygen atoms in total. The van der Waals surface area contributed by atoms with Crippen molar-refractivity contribution in [3.05, 3.63) is 47.5 Å². The van der Waals surface area contributed by atoms with Crippen molar-refractivity contribution in [2.75, 3.05) is 0 Å². The molecule has 1 saturated carbocycles. The van der Waals surface area contributed by atoms with Crippen LogP contribution in [0.25, 0.3) is 0 Å². The van der Waals surface area contributed by atoms with E-state index >= 15 is 0 Å². The zero-order chi connectivity index (χ0) is 15.4. The van der Waals surface area contributed by atoms with E-state index in [1.165, 1.54) is 31.2 Å². The first kappa shape index (κ1) is 15.2. The highest BCUT2D eigenvalue weighted by molar-refractivity contribution is 5.16. The molecule has 22 heavy (non-hydrogen) atoms. The lowest BCUT2D eigenvalue weighted by Gasteiger charge is -2.21. The first-order chi connectivity index (χ1) is 10.8. The molecule has 0 unspecified atom stereocenters. The van der Waals surface area contributed by atoms with Crippen molar-refractivity contribution in [3.63, 3.8) is 0 Å². The average molecular weight is 298 g/mol. The monoisotopic (exact) mass is 298 g/mol. The molecule has 0 saturated heterocycles. The van der Waals surface area contributed by atoms with Crippen molar-refractivity contribution in [1.82, 2.24) is 20.1 Å². The summed E-state index contributed by atoms with van der Waals surface area (Å²) in [5.41, 5.74) is 1.45. The number of rotatable bonds is 6. The van der Waals surface area contributed by atoms with Gasteiger partial charge in [-0.05, 0) is 44.6 Å². The van der Waals surface area contributed by atoms with Crippen LogP contribution in [0.5, 0.6) is 0 Å². The van der Waals surface area contributed by atoms with Crippen LogP contribution in [0.2, 0.25) is 0 Å². The summed E-state index contributed by atoms with van der Waals surface area (Å²) in [6.45, 7) is 5.93. The van der Waals surface area contributed by atoms with E-state index < -0.39 is 0 Å². The van der Waals surface area contributed by atoms with Gasteiger partial charge in [-0.15, -0.1) is 10.2 Å². The molecule has 1 fully saturated rings. The van der Waals surface area contributed by atoms with Gasteiger partial charge in [0.25, 0.3) is 0 Å². The number of aryl methyl sites for hydroxylation is 1. The van der Waals surface area contributed by atoms with Crippen molar-refractivity contribution >= 4 is 0 Å². The summed E-state index contributed by atoms with van der Waals surface area (Å²) in [7, 11) is 0. The van der Waals surface area contributed by atoms with E-state index in [1.54, 1.807) is 0 Å². The molecule has 1 N–H and O–H groups in total. The van der Waals surface area contributed by atoms with Gasteiger partial charge in [0.1, 0.15) is 11.6 Å². The number of hydrogen-bond donors (Lipinski definition) is 1. The Labute approximate surface area is 133 Å². The third kappa shape index (κ3) is 3.38.